The van der Waals surface area contributed by atoms with Crippen LogP contribution in [0.3, 0.4) is 0 Å². The van der Waals surface area contributed by atoms with Gasteiger partial charge in [-0.2, -0.15) is 0 Å². The first kappa shape index (κ1) is 14.9. The molecule has 0 N–H and O–H groups in total. The summed E-state index contributed by atoms with van der Waals surface area (Å²) in [4.78, 5) is 0. The summed E-state index contributed by atoms with van der Waals surface area (Å²) in [7, 11) is -4.94. The first-order valence-corrected chi connectivity index (χ1v) is 9.15. The number of hydrogen-bond donors (Lipinski definition) is 0. The minimum atomic E-state index is -4.94. The second-order valence-electron chi connectivity index (χ2n) is 2.62. The van der Waals surface area contributed by atoms with Crippen molar-refractivity contribution in [1.29, 1.82) is 0 Å². The normalized spacial score (nSPS) is 12.7. The van der Waals surface area contributed by atoms with Crippen LogP contribution in [0.2, 0.25) is 11.1 Å². The maximum Gasteiger partial charge on any atom is -0.112 e. The summed E-state index contributed by atoms with van der Waals surface area (Å²) >= 11 is -0.415. The monoisotopic (exact) mass is 300 g/mol. The summed E-state index contributed by atoms with van der Waals surface area (Å²) in [5.74, 6) is 2.38. The Bertz CT molecular complexity index is 257. The van der Waals surface area contributed by atoms with Crippen molar-refractivity contribution in [3.63, 3.8) is 0 Å². The maximum absolute atomic E-state index is 8.49. The van der Waals surface area contributed by atoms with Gasteiger partial charge in [0.15, 0.2) is 0 Å². The van der Waals surface area contributed by atoms with Crippen LogP contribution in [-0.4, -0.2) is 13.9 Å². The van der Waals surface area contributed by atoms with Gasteiger partial charge in [-0.25, -0.2) is 18.6 Å². The van der Waals surface area contributed by atoms with Gasteiger partial charge in [0.25, 0.3) is 0 Å². The first-order valence-electron chi connectivity index (χ1n) is 4.14. The van der Waals surface area contributed by atoms with Gasteiger partial charge in [0, 0.05) is 0 Å². The van der Waals surface area contributed by atoms with E-state index in [-0.39, 0.29) is 0 Å². The molecule has 86 valence electrons. The minimum absolute atomic E-state index is 0.415. The second kappa shape index (κ2) is 7.19. The molecule has 0 saturated carbocycles. The third kappa shape index (κ3) is 10.2. The molecule has 0 fully saturated rings. The number of hydrogen-bond acceptors (Lipinski definition) is 4. The summed E-state index contributed by atoms with van der Waals surface area (Å²) in [6.45, 7) is 2.28. The predicted octanol–water partition coefficient (Wildman–Crippen LogP) is -2.72. The fourth-order valence-corrected chi connectivity index (χ4v) is 2.82. The molecule has 0 heterocycles. The van der Waals surface area contributed by atoms with E-state index in [1.807, 2.05) is 0 Å². The molecule has 15 heavy (non-hydrogen) atoms. The van der Waals surface area contributed by atoms with Crippen molar-refractivity contribution >= 4 is 18.4 Å². The van der Waals surface area contributed by atoms with Crippen molar-refractivity contribution < 1.29 is 28.9 Å². The average Bonchev–Trinajstić information content (AvgIpc) is 2.15. The summed E-state index contributed by atoms with van der Waals surface area (Å²) in [6, 6.07) is 10.8. The zero-order chi connectivity index (χ0) is 11.9. The molecule has 1 rings (SSSR count). The third-order valence-electron chi connectivity index (χ3n) is 1.58. The fraction of sp³-hybridized carbons (Fsp3) is 0.333. The Morgan fingerprint density at radius 2 is 1.47 bits per heavy atom. The summed E-state index contributed by atoms with van der Waals surface area (Å²) in [5.41, 5.74) is 0. The van der Waals surface area contributed by atoms with Gasteiger partial charge in [0.05, 0.1) is 0 Å². The van der Waals surface area contributed by atoms with E-state index in [0.717, 1.165) is 0 Å². The Labute approximate surface area is 95.8 Å². The van der Waals surface area contributed by atoms with Gasteiger partial charge in [-0.1, -0.05) is 0 Å². The summed E-state index contributed by atoms with van der Waals surface area (Å²) in [5, 5.41) is 1.35. The quantitative estimate of drug-likeness (QED) is 0.555. The molecule has 0 aliphatic heterocycles. The molecule has 0 saturated heterocycles. The van der Waals surface area contributed by atoms with Crippen LogP contribution in [0.1, 0.15) is 6.92 Å². The molecule has 0 radical (unpaired) electrons. The molecule has 1 aromatic rings. The van der Waals surface area contributed by atoms with Gasteiger partial charge in [-0.05, 0) is 0 Å². The van der Waals surface area contributed by atoms with Gasteiger partial charge in [0.1, 0.15) is 0 Å². The average molecular weight is 300 g/mol. The maximum atomic E-state index is 8.49. The van der Waals surface area contributed by atoms with Gasteiger partial charge in [0.2, 0.25) is 0 Å². The van der Waals surface area contributed by atoms with Crippen molar-refractivity contribution in [1.82, 2.24) is 0 Å². The van der Waals surface area contributed by atoms with Crippen LogP contribution >= 0.6 is 0 Å². The van der Waals surface area contributed by atoms with Crippen LogP contribution in [0.4, 0.5) is 0 Å². The van der Waals surface area contributed by atoms with Gasteiger partial charge < -0.3 is 0 Å². The Morgan fingerprint density at radius 1 is 1.07 bits per heavy atom. The smallest absolute Gasteiger partial charge is 0.112 e. The molecule has 0 bridgehead atoms. The van der Waals surface area contributed by atoms with Crippen LogP contribution in [0.25, 0.3) is 0 Å². The molecule has 1 atom stereocenters. The van der Waals surface area contributed by atoms with E-state index in [1.54, 1.807) is 4.46 Å². The van der Waals surface area contributed by atoms with Crippen LogP contribution < -0.4 is 23.1 Å². The van der Waals surface area contributed by atoms with E-state index in [9.17, 15) is 0 Å². The van der Waals surface area contributed by atoms with Crippen LogP contribution in [-0.2, 0) is 0 Å². The fourth-order valence-electron chi connectivity index (χ4n) is 0.819. The van der Waals surface area contributed by atoms with Crippen LogP contribution in [0, 0.1) is 10.2 Å². The van der Waals surface area contributed by atoms with Gasteiger partial charge >= 0.3 is 66.8 Å². The first-order chi connectivity index (χ1) is 6.84. The molecule has 1 unspecified atom stereocenters. The van der Waals surface area contributed by atoms with E-state index in [1.165, 1.54) is 5.32 Å². The van der Waals surface area contributed by atoms with Crippen molar-refractivity contribution in [2.45, 2.75) is 18.1 Å². The zero-order valence-electron chi connectivity index (χ0n) is 8.51. The molecular weight excluding hydrogens is 287 g/mol. The molecule has 0 aromatic heterocycles. The summed E-state index contributed by atoms with van der Waals surface area (Å²) < 4.78 is 35.5. The van der Waals surface area contributed by atoms with Crippen molar-refractivity contribution in [3.8, 4) is 0 Å². The second-order valence-corrected chi connectivity index (χ2v) is 8.25. The third-order valence-corrected chi connectivity index (χ3v) is 5.65. The Balaban J connectivity index is 0.000000336. The van der Waals surface area contributed by atoms with E-state index < -0.39 is 24.1 Å². The molecule has 0 aliphatic rings. The largest absolute Gasteiger partial charge is 0.222 e. The topological polar surface area (TPSA) is 92.2 Å². The van der Waals surface area contributed by atoms with Gasteiger partial charge in [-0.3, -0.25) is 0 Å². The van der Waals surface area contributed by atoms with Crippen LogP contribution in [0.15, 0.2) is 30.3 Å². The number of benzene rings is 1. The number of rotatable bonds is 2. The van der Waals surface area contributed by atoms with E-state index in [4.69, 9.17) is 18.6 Å². The van der Waals surface area contributed by atoms with Crippen molar-refractivity contribution in [3.05, 3.63) is 30.3 Å². The number of halogens is 1. The Morgan fingerprint density at radius 3 is 1.80 bits per heavy atom. The minimum Gasteiger partial charge on any atom is -0.222 e. The van der Waals surface area contributed by atoms with Gasteiger partial charge in [-0.15, -0.1) is 10.2 Å². The molecule has 0 aliphatic carbocycles. The van der Waals surface area contributed by atoms with E-state index in [0.29, 0.717) is 0 Å². The van der Waals surface area contributed by atoms with E-state index in [2.05, 4.69) is 43.1 Å². The van der Waals surface area contributed by atoms with E-state index >= 15 is 0 Å². The predicted molar refractivity (Wildman–Crippen MR) is 48.2 cm³/mol. The molecule has 0 amide bonds. The Hall–Kier alpha value is -0.131. The Kier molecular flexibility index (Phi) is 7.13. The van der Waals surface area contributed by atoms with Crippen LogP contribution in [0.5, 0.6) is 0 Å². The molecule has 1 aromatic carbocycles. The molecular formula is C9H13ClO4Se. The van der Waals surface area contributed by atoms with Crippen molar-refractivity contribution in [2.24, 2.45) is 0 Å². The summed E-state index contributed by atoms with van der Waals surface area (Å²) in [6.07, 6.45) is 0. The molecule has 4 nitrogen and oxygen atoms in total. The zero-order valence-corrected chi connectivity index (χ0v) is 11.0. The molecule has 6 heteroatoms. The van der Waals surface area contributed by atoms with Crippen molar-refractivity contribution in [2.75, 3.05) is 0 Å². The molecule has 0 spiro atoms. The standard InChI is InChI=1S/C9H13Se.ClHO4/c1-3-10(2)9-7-5-4-6-8-9;2-1(3,4)5/h4-8H,3H2,1-2H3;(H,2,3,4,5)/q+1;/p-1. The SMILES string of the molecule is CC[Se+](C)c1ccccc1.[O-][Cl+3]([O-])([O-])[O-].